The van der Waals surface area contributed by atoms with Gasteiger partial charge in [-0.3, -0.25) is 0 Å². The average Bonchev–Trinajstić information content (AvgIpc) is 2.95. The van der Waals surface area contributed by atoms with E-state index in [1.54, 1.807) is 0 Å². The molecule has 0 aromatic rings. The van der Waals surface area contributed by atoms with Gasteiger partial charge in [-0.1, -0.05) is 13.8 Å². The molecule has 2 saturated heterocycles. The van der Waals surface area contributed by atoms with Crippen LogP contribution < -0.4 is 5.32 Å². The van der Waals surface area contributed by atoms with Crippen molar-refractivity contribution in [3.8, 4) is 0 Å². The Bertz CT molecular complexity index is 315. The molecule has 0 spiro atoms. The van der Waals surface area contributed by atoms with Crippen molar-refractivity contribution >= 4 is 0 Å². The van der Waals surface area contributed by atoms with Gasteiger partial charge in [-0.05, 0) is 25.7 Å². The average molecular weight is 283 g/mol. The van der Waals surface area contributed by atoms with Gasteiger partial charge in [0.15, 0.2) is 0 Å². The van der Waals surface area contributed by atoms with Crippen molar-refractivity contribution in [3.63, 3.8) is 0 Å². The summed E-state index contributed by atoms with van der Waals surface area (Å²) in [6, 6.07) is 0.583. The van der Waals surface area contributed by atoms with Crippen LogP contribution in [0.15, 0.2) is 0 Å². The van der Waals surface area contributed by atoms with E-state index in [4.69, 9.17) is 14.2 Å². The van der Waals surface area contributed by atoms with Gasteiger partial charge in [0.2, 0.25) is 0 Å². The lowest BCUT2D eigenvalue weighted by molar-refractivity contribution is -0.193. The van der Waals surface area contributed by atoms with Crippen LogP contribution in [0, 0.1) is 11.3 Å². The SMILES string of the molecule is CC1(C)[C@H](NCCOC[C@@H]2CCCO2)[C@@H]2CCCO[C@H]21. The maximum Gasteiger partial charge on any atom is 0.0809 e. The molecule has 2 aliphatic heterocycles. The second-order valence-electron chi connectivity index (χ2n) is 7.06. The highest BCUT2D eigenvalue weighted by atomic mass is 16.5. The molecule has 20 heavy (non-hydrogen) atoms. The smallest absolute Gasteiger partial charge is 0.0809 e. The molecular formula is C16H29NO3. The van der Waals surface area contributed by atoms with Crippen molar-refractivity contribution in [1.82, 2.24) is 5.32 Å². The lowest BCUT2D eigenvalue weighted by Crippen LogP contribution is -2.69. The third-order valence-corrected chi connectivity index (χ3v) is 5.27. The van der Waals surface area contributed by atoms with Crippen LogP contribution in [0.1, 0.15) is 39.5 Å². The van der Waals surface area contributed by atoms with E-state index in [-0.39, 0.29) is 5.41 Å². The van der Waals surface area contributed by atoms with Crippen molar-refractivity contribution < 1.29 is 14.2 Å². The summed E-state index contributed by atoms with van der Waals surface area (Å²) < 4.78 is 17.2. The summed E-state index contributed by atoms with van der Waals surface area (Å²) in [6.45, 7) is 8.97. The maximum atomic E-state index is 5.93. The molecule has 4 nitrogen and oxygen atoms in total. The summed E-state index contributed by atoms with van der Waals surface area (Å²) in [4.78, 5) is 0. The molecular weight excluding hydrogens is 254 g/mol. The van der Waals surface area contributed by atoms with Gasteiger partial charge in [0.05, 0.1) is 25.4 Å². The first-order valence-corrected chi connectivity index (χ1v) is 8.24. The number of nitrogens with one attached hydrogen (secondary N) is 1. The number of rotatable bonds is 6. The third kappa shape index (κ3) is 2.89. The first-order chi connectivity index (χ1) is 9.69. The Kier molecular flexibility index (Phi) is 4.65. The monoisotopic (exact) mass is 283 g/mol. The summed E-state index contributed by atoms with van der Waals surface area (Å²) in [5.41, 5.74) is 0.264. The zero-order valence-electron chi connectivity index (χ0n) is 12.9. The van der Waals surface area contributed by atoms with Gasteiger partial charge >= 0.3 is 0 Å². The molecule has 3 fully saturated rings. The highest BCUT2D eigenvalue weighted by molar-refractivity contribution is 5.10. The van der Waals surface area contributed by atoms with Crippen LogP contribution >= 0.6 is 0 Å². The van der Waals surface area contributed by atoms with E-state index >= 15 is 0 Å². The maximum absolute atomic E-state index is 5.93. The Morgan fingerprint density at radius 1 is 1.15 bits per heavy atom. The standard InChI is InChI=1S/C16H29NO3/c1-16(2)14(13-6-4-9-20-15(13)16)17-7-10-18-11-12-5-3-8-19-12/h12-15,17H,3-11H2,1-2H3/t12-,13-,14+,15+/m0/s1. The fourth-order valence-corrected chi connectivity index (χ4v) is 4.21. The number of fused-ring (bicyclic) bond motifs is 1. The number of hydrogen-bond acceptors (Lipinski definition) is 4. The van der Waals surface area contributed by atoms with Crippen molar-refractivity contribution in [2.24, 2.45) is 11.3 Å². The second kappa shape index (κ2) is 6.30. The fraction of sp³-hybridized carbons (Fsp3) is 1.00. The van der Waals surface area contributed by atoms with Crippen molar-refractivity contribution in [1.29, 1.82) is 0 Å². The van der Waals surface area contributed by atoms with E-state index in [0.717, 1.165) is 39.4 Å². The lowest BCUT2D eigenvalue weighted by Gasteiger charge is -2.60. The predicted octanol–water partition coefficient (Wildman–Crippen LogP) is 1.98. The molecule has 0 amide bonds. The van der Waals surface area contributed by atoms with Gasteiger partial charge in [-0.2, -0.15) is 0 Å². The van der Waals surface area contributed by atoms with Crippen LogP contribution in [0.4, 0.5) is 0 Å². The van der Waals surface area contributed by atoms with E-state index in [1.807, 2.05) is 0 Å². The van der Waals surface area contributed by atoms with Crippen LogP contribution in [-0.2, 0) is 14.2 Å². The van der Waals surface area contributed by atoms with Gasteiger partial charge in [0.25, 0.3) is 0 Å². The molecule has 0 aromatic heterocycles. The van der Waals surface area contributed by atoms with Gasteiger partial charge in [-0.25, -0.2) is 0 Å². The molecule has 2 heterocycles. The number of hydrogen-bond donors (Lipinski definition) is 1. The molecule has 4 heteroatoms. The van der Waals surface area contributed by atoms with Gasteiger partial charge in [0.1, 0.15) is 0 Å². The van der Waals surface area contributed by atoms with Crippen LogP contribution in [0.5, 0.6) is 0 Å². The van der Waals surface area contributed by atoms with E-state index in [9.17, 15) is 0 Å². The zero-order valence-corrected chi connectivity index (χ0v) is 12.9. The Balaban J connectivity index is 1.33. The molecule has 0 radical (unpaired) electrons. The zero-order chi connectivity index (χ0) is 14.0. The van der Waals surface area contributed by atoms with Crippen molar-refractivity contribution in [2.45, 2.75) is 57.8 Å². The highest BCUT2D eigenvalue weighted by Crippen LogP contribution is 2.51. The Morgan fingerprint density at radius 2 is 1.95 bits per heavy atom. The van der Waals surface area contributed by atoms with Crippen LogP contribution in [0.25, 0.3) is 0 Å². The van der Waals surface area contributed by atoms with Gasteiger partial charge < -0.3 is 19.5 Å². The summed E-state index contributed by atoms with van der Waals surface area (Å²) >= 11 is 0. The highest BCUT2D eigenvalue weighted by Gasteiger charge is 2.57. The summed E-state index contributed by atoms with van der Waals surface area (Å²) in [5.74, 6) is 0.705. The summed E-state index contributed by atoms with van der Waals surface area (Å²) in [7, 11) is 0. The van der Waals surface area contributed by atoms with Crippen LogP contribution in [-0.4, -0.2) is 51.2 Å². The van der Waals surface area contributed by atoms with E-state index < -0.39 is 0 Å². The Hall–Kier alpha value is -0.160. The number of ether oxygens (including phenoxy) is 3. The second-order valence-corrected chi connectivity index (χ2v) is 7.06. The Labute approximate surface area is 122 Å². The minimum Gasteiger partial charge on any atom is -0.377 e. The molecule has 4 atom stereocenters. The molecule has 0 unspecified atom stereocenters. The van der Waals surface area contributed by atoms with Crippen LogP contribution in [0.3, 0.4) is 0 Å². The quantitative estimate of drug-likeness (QED) is 0.757. The fourth-order valence-electron chi connectivity index (χ4n) is 4.21. The largest absolute Gasteiger partial charge is 0.377 e. The van der Waals surface area contributed by atoms with Crippen molar-refractivity contribution in [3.05, 3.63) is 0 Å². The third-order valence-electron chi connectivity index (χ3n) is 5.27. The molecule has 0 aromatic carbocycles. The molecule has 3 rings (SSSR count). The normalized spacial score (nSPS) is 39.3. The van der Waals surface area contributed by atoms with Gasteiger partial charge in [0, 0.05) is 37.1 Å². The molecule has 1 N–H and O–H groups in total. The summed E-state index contributed by atoms with van der Waals surface area (Å²) in [5, 5.41) is 3.69. The first-order valence-electron chi connectivity index (χ1n) is 8.24. The molecule has 0 bridgehead atoms. The first kappa shape index (κ1) is 14.8. The lowest BCUT2D eigenvalue weighted by atomic mass is 9.55. The van der Waals surface area contributed by atoms with Gasteiger partial charge in [-0.15, -0.1) is 0 Å². The summed E-state index contributed by atoms with van der Waals surface area (Å²) in [6.07, 6.45) is 5.66. The Morgan fingerprint density at radius 3 is 2.75 bits per heavy atom. The van der Waals surface area contributed by atoms with E-state index in [1.165, 1.54) is 19.3 Å². The molecule has 1 saturated carbocycles. The van der Waals surface area contributed by atoms with E-state index in [2.05, 4.69) is 19.2 Å². The minimum atomic E-state index is 0.264. The molecule has 1 aliphatic carbocycles. The molecule has 116 valence electrons. The molecule has 3 aliphatic rings. The van der Waals surface area contributed by atoms with Crippen LogP contribution in [0.2, 0.25) is 0 Å². The van der Waals surface area contributed by atoms with Crippen molar-refractivity contribution in [2.75, 3.05) is 33.0 Å². The predicted molar refractivity (Wildman–Crippen MR) is 77.8 cm³/mol. The van der Waals surface area contributed by atoms with E-state index in [0.29, 0.717) is 24.2 Å². The minimum absolute atomic E-state index is 0.264. The topological polar surface area (TPSA) is 39.7 Å².